The fourth-order valence-corrected chi connectivity index (χ4v) is 7.69. The predicted molar refractivity (Wildman–Crippen MR) is 137 cm³/mol. The summed E-state index contributed by atoms with van der Waals surface area (Å²) in [6, 6.07) is 5.02. The summed E-state index contributed by atoms with van der Waals surface area (Å²) < 4.78 is 23.2. The van der Waals surface area contributed by atoms with Crippen molar-refractivity contribution in [1.29, 1.82) is 0 Å². The van der Waals surface area contributed by atoms with Gasteiger partial charge in [0.25, 0.3) is 0 Å². The highest BCUT2D eigenvalue weighted by atomic mass is 16.6. The quantitative estimate of drug-likeness (QED) is 0.554. The van der Waals surface area contributed by atoms with Crippen LogP contribution in [0.3, 0.4) is 0 Å². The Morgan fingerprint density at radius 1 is 1.18 bits per heavy atom. The molecule has 10 heteroatoms. The normalized spacial score (nSPS) is 36.9. The van der Waals surface area contributed by atoms with Gasteiger partial charge in [0, 0.05) is 49.2 Å². The number of rotatable bonds is 4. The van der Waals surface area contributed by atoms with E-state index in [9.17, 15) is 24.6 Å². The maximum Gasteiger partial charge on any atom is 0.345 e. The first-order chi connectivity index (χ1) is 18.3. The number of aromatic nitrogens is 1. The summed E-state index contributed by atoms with van der Waals surface area (Å²) in [6.07, 6.45) is 1.46. The number of ether oxygens (including phenoxy) is 3. The molecule has 0 bridgehead atoms. The molecular weight excluding hydrogens is 506 g/mol. The topological polar surface area (TPSA) is 145 Å². The number of aliphatic hydroxyl groups excluding tert-OH is 2. The molecule has 2 saturated carbocycles. The Morgan fingerprint density at radius 2 is 1.92 bits per heavy atom. The molecule has 0 spiro atoms. The molecule has 0 saturated heterocycles. The molecule has 5 rings (SSSR count). The Kier molecular flexibility index (Phi) is 6.62. The molecule has 10 nitrogen and oxygen atoms in total. The van der Waals surface area contributed by atoms with Crippen molar-refractivity contribution >= 4 is 11.9 Å². The molecule has 39 heavy (non-hydrogen) atoms. The van der Waals surface area contributed by atoms with Crippen LogP contribution < -0.4 is 10.4 Å². The lowest BCUT2D eigenvalue weighted by atomic mass is 9.42. The third-order valence-electron chi connectivity index (χ3n) is 9.45. The number of carbonyl (C=O) groups is 2. The molecule has 2 aromatic rings. The second-order valence-corrected chi connectivity index (χ2v) is 11.9. The van der Waals surface area contributed by atoms with Crippen LogP contribution in [0.4, 0.5) is 0 Å². The molecule has 2 aliphatic carbocycles. The van der Waals surface area contributed by atoms with Gasteiger partial charge < -0.3 is 28.8 Å². The van der Waals surface area contributed by atoms with E-state index < -0.39 is 58.2 Å². The van der Waals surface area contributed by atoms with Crippen molar-refractivity contribution in [3.05, 3.63) is 46.6 Å². The van der Waals surface area contributed by atoms with E-state index in [0.29, 0.717) is 18.4 Å². The minimum absolute atomic E-state index is 0.00277. The Hall–Kier alpha value is -3.24. The molecule has 2 N–H and O–H groups in total. The predicted octanol–water partition coefficient (Wildman–Crippen LogP) is 3.18. The third kappa shape index (κ3) is 4.24. The van der Waals surface area contributed by atoms with E-state index in [-0.39, 0.29) is 36.0 Å². The number of carbonyl (C=O) groups excluding carboxylic acids is 2. The van der Waals surface area contributed by atoms with E-state index in [2.05, 4.69) is 4.98 Å². The number of aliphatic hydroxyl groups is 2. The van der Waals surface area contributed by atoms with Crippen LogP contribution in [0.15, 0.2) is 39.8 Å². The van der Waals surface area contributed by atoms with Crippen molar-refractivity contribution in [1.82, 2.24) is 4.98 Å². The minimum Gasteiger partial charge on any atom is -0.484 e. The zero-order valence-electron chi connectivity index (χ0n) is 22.8. The highest BCUT2D eigenvalue weighted by molar-refractivity contribution is 5.67. The van der Waals surface area contributed by atoms with Crippen molar-refractivity contribution in [3.8, 4) is 17.1 Å². The molecule has 0 amide bonds. The molecule has 3 aliphatic rings. The summed E-state index contributed by atoms with van der Waals surface area (Å²) in [6.45, 7) is 8.28. The number of pyridine rings is 1. The van der Waals surface area contributed by atoms with Gasteiger partial charge >= 0.3 is 17.6 Å². The van der Waals surface area contributed by atoms with Crippen LogP contribution in [-0.2, 0) is 19.1 Å². The van der Waals surface area contributed by atoms with Gasteiger partial charge in [0.05, 0.1) is 12.2 Å². The third-order valence-corrected chi connectivity index (χ3v) is 9.45. The SMILES string of the molecule is CC(=O)OCC1(C)C(OC(C)=O)CCC2(C)C1CC(O)C1(C)Oc3cc(-c4cccnc4)oc(=O)c3C(O)C21. The van der Waals surface area contributed by atoms with Crippen LogP contribution >= 0.6 is 0 Å². The monoisotopic (exact) mass is 541 g/mol. The first-order valence-electron chi connectivity index (χ1n) is 13.3. The minimum atomic E-state index is -1.30. The number of nitrogens with zero attached hydrogens (tertiary/aromatic N) is 1. The summed E-state index contributed by atoms with van der Waals surface area (Å²) in [5.41, 5.74) is -2.94. The van der Waals surface area contributed by atoms with E-state index in [1.165, 1.54) is 13.8 Å². The second kappa shape index (κ2) is 9.45. The lowest BCUT2D eigenvalue weighted by molar-refractivity contribution is -0.267. The lowest BCUT2D eigenvalue weighted by Gasteiger charge is -2.66. The highest BCUT2D eigenvalue weighted by Crippen LogP contribution is 2.67. The van der Waals surface area contributed by atoms with Gasteiger partial charge in [0.2, 0.25) is 0 Å². The highest BCUT2D eigenvalue weighted by Gasteiger charge is 2.69. The largest absolute Gasteiger partial charge is 0.484 e. The van der Waals surface area contributed by atoms with Gasteiger partial charge in [-0.1, -0.05) is 13.8 Å². The van der Waals surface area contributed by atoms with E-state index >= 15 is 0 Å². The van der Waals surface area contributed by atoms with Gasteiger partial charge in [-0.25, -0.2) is 4.79 Å². The Labute approximate surface area is 226 Å². The maximum absolute atomic E-state index is 13.3. The summed E-state index contributed by atoms with van der Waals surface area (Å²) in [5, 5.41) is 23.5. The van der Waals surface area contributed by atoms with E-state index in [1.54, 1.807) is 37.5 Å². The fourth-order valence-electron chi connectivity index (χ4n) is 7.69. The van der Waals surface area contributed by atoms with Gasteiger partial charge in [-0.2, -0.15) is 0 Å². The zero-order chi connectivity index (χ0) is 28.3. The lowest BCUT2D eigenvalue weighted by Crippen LogP contribution is -2.71. The van der Waals surface area contributed by atoms with Crippen LogP contribution in [-0.4, -0.2) is 51.6 Å². The van der Waals surface area contributed by atoms with E-state index in [4.69, 9.17) is 18.6 Å². The molecule has 2 aromatic heterocycles. The van der Waals surface area contributed by atoms with Crippen molar-refractivity contribution in [2.75, 3.05) is 6.61 Å². The van der Waals surface area contributed by atoms with Crippen LogP contribution in [0, 0.1) is 22.7 Å². The maximum atomic E-state index is 13.3. The van der Waals surface area contributed by atoms with Gasteiger partial charge in [-0.3, -0.25) is 14.6 Å². The van der Waals surface area contributed by atoms with Crippen molar-refractivity contribution in [3.63, 3.8) is 0 Å². The van der Waals surface area contributed by atoms with Crippen LogP contribution in [0.25, 0.3) is 11.3 Å². The van der Waals surface area contributed by atoms with Crippen LogP contribution in [0.2, 0.25) is 0 Å². The second-order valence-electron chi connectivity index (χ2n) is 11.9. The molecular formula is C29H35NO9. The van der Waals surface area contributed by atoms with Gasteiger partial charge in [-0.05, 0) is 49.7 Å². The summed E-state index contributed by atoms with van der Waals surface area (Å²) in [4.78, 5) is 41.1. The number of esters is 2. The Morgan fingerprint density at radius 3 is 2.56 bits per heavy atom. The van der Waals surface area contributed by atoms with Crippen molar-refractivity contribution in [2.45, 2.75) is 77.8 Å². The molecule has 8 atom stereocenters. The first-order valence-corrected chi connectivity index (χ1v) is 13.3. The average Bonchev–Trinajstić information content (AvgIpc) is 2.86. The molecule has 0 radical (unpaired) electrons. The van der Waals surface area contributed by atoms with E-state index in [0.717, 1.165) is 0 Å². The average molecular weight is 542 g/mol. The van der Waals surface area contributed by atoms with E-state index in [1.807, 2.05) is 13.8 Å². The number of hydrogen-bond donors (Lipinski definition) is 2. The Bertz CT molecular complexity index is 1340. The standard InChI is InChI=1S/C29H35NO9/c1-15(31)36-14-28(4)20-12-21(33)29(5)25(27(20,3)9-8-22(28)37-16(2)32)24(34)23-19(39-29)11-18(38-26(23)35)17-7-6-10-30-13-17/h6-7,10-11,13,20-22,24-25,33-34H,8-9,12,14H2,1-5H3. The first kappa shape index (κ1) is 27.3. The zero-order valence-corrected chi connectivity index (χ0v) is 22.8. The number of fused-ring (bicyclic) bond motifs is 4. The van der Waals surface area contributed by atoms with Crippen molar-refractivity contribution in [2.24, 2.45) is 22.7 Å². The summed E-state index contributed by atoms with van der Waals surface area (Å²) >= 11 is 0. The molecule has 1 aliphatic heterocycles. The van der Waals surface area contributed by atoms with Crippen LogP contribution in [0.5, 0.6) is 5.75 Å². The van der Waals surface area contributed by atoms with Crippen LogP contribution in [0.1, 0.15) is 65.5 Å². The van der Waals surface area contributed by atoms with Gasteiger partial charge in [-0.15, -0.1) is 0 Å². The molecule has 0 aromatic carbocycles. The summed E-state index contributed by atoms with van der Waals surface area (Å²) in [7, 11) is 0. The number of hydrogen-bond acceptors (Lipinski definition) is 10. The molecule has 3 heterocycles. The summed E-state index contributed by atoms with van der Waals surface area (Å²) in [5.74, 6) is -1.58. The Balaban J connectivity index is 1.61. The fraction of sp³-hybridized carbons (Fsp3) is 0.586. The molecule has 8 unspecified atom stereocenters. The van der Waals surface area contributed by atoms with Gasteiger partial charge in [0.15, 0.2) is 0 Å². The molecule has 2 fully saturated rings. The molecule has 210 valence electrons. The van der Waals surface area contributed by atoms with Gasteiger partial charge in [0.1, 0.15) is 35.4 Å². The van der Waals surface area contributed by atoms with Crippen molar-refractivity contribution < 1.29 is 38.4 Å². The smallest absolute Gasteiger partial charge is 0.345 e.